The number of nitrogens with one attached hydrogen (secondary N) is 3. The van der Waals surface area contributed by atoms with E-state index in [9.17, 15) is 14.0 Å². The molecule has 0 saturated carbocycles. The normalized spacial score (nSPS) is 10.1. The van der Waals surface area contributed by atoms with Crippen molar-refractivity contribution in [2.75, 3.05) is 5.32 Å². The van der Waals surface area contributed by atoms with Gasteiger partial charge in [-0.3, -0.25) is 14.8 Å². The van der Waals surface area contributed by atoms with Gasteiger partial charge in [0.1, 0.15) is 11.6 Å². The van der Waals surface area contributed by atoms with Crippen molar-refractivity contribution >= 4 is 11.5 Å². The van der Waals surface area contributed by atoms with Gasteiger partial charge >= 0.3 is 5.69 Å². The second-order valence-electron chi connectivity index (χ2n) is 3.13. The number of halogens is 1. The maximum atomic E-state index is 12.6. The molecule has 1 heterocycles. The molecule has 5 nitrogen and oxygen atoms in total. The fraction of sp³-hybridized carbons (Fsp3) is 0. The Bertz CT molecular complexity index is 572. The summed E-state index contributed by atoms with van der Waals surface area (Å²) in [4.78, 5) is 26.4. The minimum absolute atomic E-state index is 0.250. The molecular weight excluding hydrogens is 213 g/mol. The van der Waals surface area contributed by atoms with Crippen molar-refractivity contribution in [2.45, 2.75) is 0 Å². The Kier molecular flexibility index (Phi) is 2.55. The van der Waals surface area contributed by atoms with Crippen molar-refractivity contribution in [1.82, 2.24) is 9.97 Å². The third kappa shape index (κ3) is 2.35. The highest BCUT2D eigenvalue weighted by molar-refractivity contribution is 5.54. The molecule has 0 bridgehead atoms. The fourth-order valence-corrected chi connectivity index (χ4v) is 1.22. The van der Waals surface area contributed by atoms with Crippen LogP contribution in [-0.4, -0.2) is 9.97 Å². The zero-order chi connectivity index (χ0) is 11.5. The first-order valence-corrected chi connectivity index (χ1v) is 4.50. The fourth-order valence-electron chi connectivity index (χ4n) is 1.22. The van der Waals surface area contributed by atoms with Crippen LogP contribution < -0.4 is 16.6 Å². The molecule has 0 amide bonds. The van der Waals surface area contributed by atoms with Crippen molar-refractivity contribution in [1.29, 1.82) is 0 Å². The van der Waals surface area contributed by atoms with Gasteiger partial charge in [0.2, 0.25) is 0 Å². The first-order valence-electron chi connectivity index (χ1n) is 4.50. The molecule has 1 aromatic heterocycles. The van der Waals surface area contributed by atoms with Gasteiger partial charge in [-0.2, -0.15) is 0 Å². The summed E-state index contributed by atoms with van der Waals surface area (Å²) in [5, 5.41) is 2.77. The van der Waals surface area contributed by atoms with Gasteiger partial charge in [0, 0.05) is 11.8 Å². The van der Waals surface area contributed by atoms with Crippen LogP contribution in [0.5, 0.6) is 0 Å². The van der Waals surface area contributed by atoms with Gasteiger partial charge in [-0.1, -0.05) is 0 Å². The topological polar surface area (TPSA) is 77.8 Å². The van der Waals surface area contributed by atoms with Gasteiger partial charge in [-0.15, -0.1) is 0 Å². The lowest BCUT2D eigenvalue weighted by atomic mass is 10.3. The molecule has 16 heavy (non-hydrogen) atoms. The van der Waals surface area contributed by atoms with Crippen LogP contribution in [0.3, 0.4) is 0 Å². The summed E-state index contributed by atoms with van der Waals surface area (Å²) in [7, 11) is 0. The summed E-state index contributed by atoms with van der Waals surface area (Å²) >= 11 is 0. The maximum Gasteiger partial charge on any atom is 0.327 e. The number of hydrogen-bond donors (Lipinski definition) is 3. The highest BCUT2D eigenvalue weighted by Gasteiger charge is 1.97. The summed E-state index contributed by atoms with van der Waals surface area (Å²) in [5.41, 5.74) is -0.534. The first-order chi connectivity index (χ1) is 7.63. The second kappa shape index (κ2) is 4.01. The average molecular weight is 221 g/mol. The van der Waals surface area contributed by atoms with Crippen LogP contribution in [0.2, 0.25) is 0 Å². The predicted molar refractivity (Wildman–Crippen MR) is 57.4 cm³/mol. The summed E-state index contributed by atoms with van der Waals surface area (Å²) < 4.78 is 12.6. The van der Waals surface area contributed by atoms with E-state index in [0.29, 0.717) is 5.69 Å². The molecule has 82 valence electrons. The Morgan fingerprint density at radius 3 is 2.38 bits per heavy atom. The van der Waals surface area contributed by atoms with Gasteiger partial charge in [-0.05, 0) is 24.3 Å². The summed E-state index contributed by atoms with van der Waals surface area (Å²) in [6.45, 7) is 0. The van der Waals surface area contributed by atoms with Crippen LogP contribution >= 0.6 is 0 Å². The van der Waals surface area contributed by atoms with E-state index in [2.05, 4.69) is 10.3 Å². The lowest BCUT2D eigenvalue weighted by Gasteiger charge is -2.04. The SMILES string of the molecule is O=c1cc(Nc2ccc(F)cc2)[nH]c(=O)[nH]1. The molecule has 6 heteroatoms. The van der Waals surface area contributed by atoms with Crippen LogP contribution in [0.15, 0.2) is 39.9 Å². The van der Waals surface area contributed by atoms with Gasteiger partial charge in [-0.25, -0.2) is 9.18 Å². The number of H-pyrrole nitrogens is 2. The predicted octanol–water partition coefficient (Wildman–Crippen LogP) is 0.946. The van der Waals surface area contributed by atoms with E-state index in [0.717, 1.165) is 0 Å². The Labute approximate surface area is 89.0 Å². The van der Waals surface area contributed by atoms with E-state index in [1.807, 2.05) is 4.98 Å². The number of hydrogen-bond acceptors (Lipinski definition) is 3. The zero-order valence-corrected chi connectivity index (χ0v) is 8.08. The van der Waals surface area contributed by atoms with E-state index in [4.69, 9.17) is 0 Å². The molecule has 3 N–H and O–H groups in total. The van der Waals surface area contributed by atoms with Crippen LogP contribution in [0.4, 0.5) is 15.9 Å². The lowest BCUT2D eigenvalue weighted by Crippen LogP contribution is -2.22. The highest BCUT2D eigenvalue weighted by Crippen LogP contribution is 2.12. The number of aromatic amines is 2. The van der Waals surface area contributed by atoms with Gasteiger partial charge in [0.25, 0.3) is 5.56 Å². The zero-order valence-electron chi connectivity index (χ0n) is 8.08. The molecule has 0 aliphatic carbocycles. The average Bonchev–Trinajstić information content (AvgIpc) is 2.20. The minimum atomic E-state index is -0.600. The Morgan fingerprint density at radius 2 is 1.75 bits per heavy atom. The molecule has 0 saturated heterocycles. The van der Waals surface area contributed by atoms with Crippen molar-refractivity contribution in [3.63, 3.8) is 0 Å². The van der Waals surface area contributed by atoms with E-state index in [-0.39, 0.29) is 11.6 Å². The van der Waals surface area contributed by atoms with Crippen molar-refractivity contribution in [3.05, 3.63) is 57.0 Å². The van der Waals surface area contributed by atoms with Crippen molar-refractivity contribution in [2.24, 2.45) is 0 Å². The van der Waals surface area contributed by atoms with Crippen LogP contribution in [0, 0.1) is 5.82 Å². The van der Waals surface area contributed by atoms with E-state index < -0.39 is 11.2 Å². The van der Waals surface area contributed by atoms with Gasteiger partial charge in [0.05, 0.1) is 0 Å². The highest BCUT2D eigenvalue weighted by atomic mass is 19.1. The molecule has 0 aliphatic rings. The smallest absolute Gasteiger partial charge is 0.327 e. The van der Waals surface area contributed by atoms with Gasteiger partial charge in [0.15, 0.2) is 0 Å². The Hall–Kier alpha value is -2.37. The molecule has 2 aromatic rings. The van der Waals surface area contributed by atoms with E-state index >= 15 is 0 Å². The lowest BCUT2D eigenvalue weighted by molar-refractivity contribution is 0.628. The largest absolute Gasteiger partial charge is 0.342 e. The monoisotopic (exact) mass is 221 g/mol. The van der Waals surface area contributed by atoms with E-state index in [1.165, 1.54) is 30.3 Å². The molecule has 0 atom stereocenters. The molecular formula is C10H8FN3O2. The number of rotatable bonds is 2. The molecule has 0 radical (unpaired) electrons. The van der Waals surface area contributed by atoms with Crippen molar-refractivity contribution in [3.8, 4) is 0 Å². The maximum absolute atomic E-state index is 12.6. The van der Waals surface area contributed by atoms with Crippen LogP contribution in [0.1, 0.15) is 0 Å². The summed E-state index contributed by atoms with van der Waals surface area (Å²) in [5.74, 6) is -0.106. The summed E-state index contributed by atoms with van der Waals surface area (Å²) in [6.07, 6.45) is 0. The standard InChI is InChI=1S/C10H8FN3O2/c11-6-1-3-7(4-2-6)12-8-5-9(15)14-10(16)13-8/h1-5H,(H3,12,13,14,15,16). The Balaban J connectivity index is 2.30. The quantitative estimate of drug-likeness (QED) is 0.706. The number of anilines is 2. The molecule has 2 rings (SSSR count). The van der Waals surface area contributed by atoms with Crippen LogP contribution in [-0.2, 0) is 0 Å². The third-order valence-corrected chi connectivity index (χ3v) is 1.88. The van der Waals surface area contributed by atoms with Gasteiger partial charge < -0.3 is 5.32 Å². The molecule has 0 unspecified atom stereocenters. The third-order valence-electron chi connectivity index (χ3n) is 1.88. The minimum Gasteiger partial charge on any atom is -0.342 e. The van der Waals surface area contributed by atoms with E-state index in [1.54, 1.807) is 0 Å². The Morgan fingerprint density at radius 1 is 1.06 bits per heavy atom. The summed E-state index contributed by atoms with van der Waals surface area (Å²) in [6, 6.07) is 6.73. The number of benzene rings is 1. The second-order valence-corrected chi connectivity index (χ2v) is 3.13. The molecule has 0 fully saturated rings. The number of aromatic nitrogens is 2. The first kappa shape index (κ1) is 10.2. The molecule has 1 aromatic carbocycles. The molecule has 0 spiro atoms. The molecule has 0 aliphatic heterocycles. The van der Waals surface area contributed by atoms with Crippen molar-refractivity contribution < 1.29 is 4.39 Å². The van der Waals surface area contributed by atoms with Crippen LogP contribution in [0.25, 0.3) is 0 Å².